The summed E-state index contributed by atoms with van der Waals surface area (Å²) in [7, 11) is 3.17. The molecule has 126 valence electrons. The van der Waals surface area contributed by atoms with Crippen molar-refractivity contribution in [2.75, 3.05) is 20.0 Å². The van der Waals surface area contributed by atoms with Crippen LogP contribution >= 0.6 is 11.8 Å². The molecule has 1 aliphatic heterocycles. The first kappa shape index (κ1) is 16.6. The molecule has 1 saturated heterocycles. The van der Waals surface area contributed by atoms with E-state index in [4.69, 9.17) is 9.47 Å². The molecule has 1 heterocycles. The summed E-state index contributed by atoms with van der Waals surface area (Å²) in [5.74, 6) is 1.36. The van der Waals surface area contributed by atoms with Crippen LogP contribution in [0.15, 0.2) is 42.5 Å². The minimum absolute atomic E-state index is 0.0270. The van der Waals surface area contributed by atoms with E-state index in [-0.39, 0.29) is 17.1 Å². The van der Waals surface area contributed by atoms with Gasteiger partial charge in [-0.15, -0.1) is 11.8 Å². The molecule has 0 N–H and O–H groups in total. The Labute approximate surface area is 144 Å². The number of hydrogen-bond acceptors (Lipinski definition) is 4. The van der Waals surface area contributed by atoms with Gasteiger partial charge in [-0.1, -0.05) is 24.3 Å². The molecule has 24 heavy (non-hydrogen) atoms. The number of methoxy groups -OCH3 is 2. The summed E-state index contributed by atoms with van der Waals surface area (Å²) in [6.07, 6.45) is 0. The standard InChI is InChI=1S/C18H18FNO3S/c1-22-15-8-4-7-14(17(15)23-2)18-20(16(21)11-24-18)10-12-5-3-6-13(19)9-12/h3-9,18H,10-11H2,1-2H3. The van der Waals surface area contributed by atoms with Crippen LogP contribution in [0.25, 0.3) is 0 Å². The number of carbonyl (C=O) groups is 1. The SMILES string of the molecule is COc1cccc(C2SCC(=O)N2Cc2cccc(F)c2)c1OC. The highest BCUT2D eigenvalue weighted by atomic mass is 32.2. The Bertz CT molecular complexity index is 753. The molecular formula is C18H18FNO3S. The Morgan fingerprint density at radius 1 is 1.21 bits per heavy atom. The molecule has 0 aromatic heterocycles. The first-order valence-electron chi connectivity index (χ1n) is 7.50. The molecule has 1 unspecified atom stereocenters. The summed E-state index contributed by atoms with van der Waals surface area (Å²) < 4.78 is 24.3. The molecule has 0 aliphatic carbocycles. The van der Waals surface area contributed by atoms with Gasteiger partial charge in [0.15, 0.2) is 11.5 Å². The van der Waals surface area contributed by atoms with E-state index in [0.29, 0.717) is 23.8 Å². The smallest absolute Gasteiger partial charge is 0.234 e. The van der Waals surface area contributed by atoms with Gasteiger partial charge in [0.25, 0.3) is 0 Å². The summed E-state index contributed by atoms with van der Waals surface area (Å²) in [6, 6.07) is 11.9. The second-order valence-electron chi connectivity index (χ2n) is 5.40. The number of carbonyl (C=O) groups excluding carboxylic acids is 1. The predicted molar refractivity (Wildman–Crippen MR) is 91.7 cm³/mol. The van der Waals surface area contributed by atoms with Crippen molar-refractivity contribution in [3.8, 4) is 11.5 Å². The third-order valence-electron chi connectivity index (χ3n) is 3.91. The van der Waals surface area contributed by atoms with E-state index >= 15 is 0 Å². The molecule has 1 fully saturated rings. The fraction of sp³-hybridized carbons (Fsp3) is 0.278. The van der Waals surface area contributed by atoms with Crippen molar-refractivity contribution in [2.45, 2.75) is 11.9 Å². The molecular weight excluding hydrogens is 329 g/mol. The maximum absolute atomic E-state index is 13.4. The zero-order valence-corrected chi connectivity index (χ0v) is 14.3. The Balaban J connectivity index is 1.94. The largest absolute Gasteiger partial charge is 0.493 e. The highest BCUT2D eigenvalue weighted by Crippen LogP contribution is 2.45. The lowest BCUT2D eigenvalue weighted by Crippen LogP contribution is -2.28. The van der Waals surface area contributed by atoms with Crippen molar-refractivity contribution < 1.29 is 18.7 Å². The average molecular weight is 347 g/mol. The number of ether oxygens (including phenoxy) is 2. The molecule has 6 heteroatoms. The normalized spacial score (nSPS) is 17.2. The summed E-state index contributed by atoms with van der Waals surface area (Å²) >= 11 is 1.53. The van der Waals surface area contributed by atoms with E-state index in [0.717, 1.165) is 11.1 Å². The predicted octanol–water partition coefficient (Wildman–Crippen LogP) is 3.62. The number of nitrogens with zero attached hydrogens (tertiary/aromatic N) is 1. The highest BCUT2D eigenvalue weighted by Gasteiger charge is 2.35. The van der Waals surface area contributed by atoms with Gasteiger partial charge in [0, 0.05) is 12.1 Å². The van der Waals surface area contributed by atoms with Crippen molar-refractivity contribution >= 4 is 17.7 Å². The van der Waals surface area contributed by atoms with Gasteiger partial charge >= 0.3 is 0 Å². The first-order valence-corrected chi connectivity index (χ1v) is 8.55. The number of para-hydroxylation sites is 1. The topological polar surface area (TPSA) is 38.8 Å². The van der Waals surface area contributed by atoms with Crippen LogP contribution in [0.4, 0.5) is 4.39 Å². The molecule has 1 aliphatic rings. The minimum atomic E-state index is -0.303. The second-order valence-corrected chi connectivity index (χ2v) is 6.47. The van der Waals surface area contributed by atoms with Crippen LogP contribution < -0.4 is 9.47 Å². The summed E-state index contributed by atoms with van der Waals surface area (Å²) in [5.41, 5.74) is 1.64. The van der Waals surface area contributed by atoms with E-state index in [9.17, 15) is 9.18 Å². The molecule has 1 atom stereocenters. The third kappa shape index (κ3) is 3.19. The van der Waals surface area contributed by atoms with Crippen molar-refractivity contribution in [3.05, 3.63) is 59.4 Å². The van der Waals surface area contributed by atoms with E-state index in [1.54, 1.807) is 25.2 Å². The van der Waals surface area contributed by atoms with Gasteiger partial charge in [-0.2, -0.15) is 0 Å². The first-order chi connectivity index (χ1) is 11.6. The lowest BCUT2D eigenvalue weighted by molar-refractivity contribution is -0.128. The van der Waals surface area contributed by atoms with Crippen molar-refractivity contribution in [2.24, 2.45) is 0 Å². The molecule has 0 saturated carbocycles. The highest BCUT2D eigenvalue weighted by molar-refractivity contribution is 8.00. The van der Waals surface area contributed by atoms with Gasteiger partial charge in [-0.3, -0.25) is 4.79 Å². The van der Waals surface area contributed by atoms with Crippen molar-refractivity contribution in [3.63, 3.8) is 0 Å². The van der Waals surface area contributed by atoms with Gasteiger partial charge in [0.1, 0.15) is 11.2 Å². The number of amides is 1. The van der Waals surface area contributed by atoms with E-state index in [2.05, 4.69) is 0 Å². The summed E-state index contributed by atoms with van der Waals surface area (Å²) in [5, 5.41) is -0.189. The number of halogens is 1. The zero-order chi connectivity index (χ0) is 17.1. The Kier molecular flexibility index (Phi) is 4.94. The van der Waals surface area contributed by atoms with Crippen LogP contribution in [0.2, 0.25) is 0 Å². The van der Waals surface area contributed by atoms with Crippen LogP contribution in [0.1, 0.15) is 16.5 Å². The van der Waals surface area contributed by atoms with Crippen LogP contribution in [0, 0.1) is 5.82 Å². The molecule has 0 spiro atoms. The maximum atomic E-state index is 13.4. The van der Waals surface area contributed by atoms with Crippen LogP contribution in [0.5, 0.6) is 11.5 Å². The molecule has 0 bridgehead atoms. The molecule has 2 aromatic carbocycles. The molecule has 3 rings (SSSR count). The summed E-state index contributed by atoms with van der Waals surface area (Å²) in [4.78, 5) is 14.1. The molecule has 1 amide bonds. The van der Waals surface area contributed by atoms with Crippen LogP contribution in [0.3, 0.4) is 0 Å². The Morgan fingerprint density at radius 2 is 2.00 bits per heavy atom. The van der Waals surface area contributed by atoms with Crippen LogP contribution in [-0.2, 0) is 11.3 Å². The van der Waals surface area contributed by atoms with E-state index < -0.39 is 0 Å². The zero-order valence-electron chi connectivity index (χ0n) is 13.5. The number of thioether (sulfide) groups is 1. The molecule has 4 nitrogen and oxygen atoms in total. The average Bonchev–Trinajstić information content (AvgIpc) is 2.94. The van der Waals surface area contributed by atoms with Gasteiger partial charge in [-0.05, 0) is 23.8 Å². The summed E-state index contributed by atoms with van der Waals surface area (Å²) in [6.45, 7) is 0.356. The van der Waals surface area contributed by atoms with Gasteiger partial charge in [0.05, 0.1) is 20.0 Å². The molecule has 2 aromatic rings. The van der Waals surface area contributed by atoms with Crippen molar-refractivity contribution in [1.29, 1.82) is 0 Å². The molecule has 0 radical (unpaired) electrons. The minimum Gasteiger partial charge on any atom is -0.493 e. The Morgan fingerprint density at radius 3 is 2.71 bits per heavy atom. The van der Waals surface area contributed by atoms with Crippen LogP contribution in [-0.4, -0.2) is 30.8 Å². The van der Waals surface area contributed by atoms with Crippen molar-refractivity contribution in [1.82, 2.24) is 4.90 Å². The van der Waals surface area contributed by atoms with E-state index in [1.165, 1.54) is 23.9 Å². The Hall–Kier alpha value is -2.21. The number of hydrogen-bond donors (Lipinski definition) is 0. The maximum Gasteiger partial charge on any atom is 0.234 e. The van der Waals surface area contributed by atoms with Gasteiger partial charge in [-0.25, -0.2) is 4.39 Å². The fourth-order valence-electron chi connectivity index (χ4n) is 2.82. The lowest BCUT2D eigenvalue weighted by atomic mass is 10.1. The van der Waals surface area contributed by atoms with E-state index in [1.807, 2.05) is 24.3 Å². The fourth-order valence-corrected chi connectivity index (χ4v) is 4.02. The lowest BCUT2D eigenvalue weighted by Gasteiger charge is -2.26. The third-order valence-corrected chi connectivity index (χ3v) is 5.15. The van der Waals surface area contributed by atoms with Gasteiger partial charge < -0.3 is 14.4 Å². The van der Waals surface area contributed by atoms with Gasteiger partial charge in [0.2, 0.25) is 5.91 Å². The quantitative estimate of drug-likeness (QED) is 0.828. The monoisotopic (exact) mass is 347 g/mol. The number of benzene rings is 2. The number of rotatable bonds is 5. The second kappa shape index (κ2) is 7.13.